The van der Waals surface area contributed by atoms with Gasteiger partial charge in [-0.15, -0.1) is 0 Å². The van der Waals surface area contributed by atoms with E-state index in [2.05, 4.69) is 4.98 Å². The summed E-state index contributed by atoms with van der Waals surface area (Å²) in [7, 11) is 0. The number of ketones is 1. The van der Waals surface area contributed by atoms with Crippen molar-refractivity contribution in [2.45, 2.75) is 30.6 Å². The van der Waals surface area contributed by atoms with Crippen molar-refractivity contribution in [3.05, 3.63) is 69.2 Å². The first kappa shape index (κ1) is 20.1. The molecular weight excluding hydrogens is 415 g/mol. The smallest absolute Gasteiger partial charge is 0.262 e. The molecule has 2 heterocycles. The summed E-state index contributed by atoms with van der Waals surface area (Å²) < 4.78 is 20.3. The lowest BCUT2D eigenvalue weighted by Crippen LogP contribution is -2.29. The summed E-state index contributed by atoms with van der Waals surface area (Å²) in [5.41, 5.74) is 0.720. The van der Waals surface area contributed by atoms with Gasteiger partial charge in [0.15, 0.2) is 10.9 Å². The number of carbonyl (C=O) groups excluding carboxylic acids is 1. The first-order chi connectivity index (χ1) is 14.0. The number of aromatic nitrogens is 2. The average molecular weight is 433 g/mol. The van der Waals surface area contributed by atoms with Crippen molar-refractivity contribution in [2.75, 3.05) is 12.4 Å². The maximum atomic E-state index is 13.1. The van der Waals surface area contributed by atoms with Gasteiger partial charge in [0.2, 0.25) is 0 Å². The Kier molecular flexibility index (Phi) is 5.99. The highest BCUT2D eigenvalue weighted by Crippen LogP contribution is 2.23. The zero-order chi connectivity index (χ0) is 20.4. The maximum absolute atomic E-state index is 13.1. The molecule has 0 spiro atoms. The van der Waals surface area contributed by atoms with Crippen LogP contribution in [0.4, 0.5) is 4.39 Å². The molecule has 0 aliphatic carbocycles. The predicted molar refractivity (Wildman–Crippen MR) is 111 cm³/mol. The largest absolute Gasteiger partial charge is 0.376 e. The molecule has 4 rings (SSSR count). The zero-order valence-electron chi connectivity index (χ0n) is 15.4. The molecule has 3 aromatic rings. The average Bonchev–Trinajstić information content (AvgIpc) is 3.22. The van der Waals surface area contributed by atoms with Crippen LogP contribution in [0.2, 0.25) is 5.02 Å². The van der Waals surface area contributed by atoms with Gasteiger partial charge in [0, 0.05) is 17.2 Å². The number of benzene rings is 2. The summed E-state index contributed by atoms with van der Waals surface area (Å²) in [6.07, 6.45) is 1.79. The van der Waals surface area contributed by atoms with Crippen molar-refractivity contribution in [1.82, 2.24) is 9.55 Å². The normalized spacial score (nSPS) is 16.4. The summed E-state index contributed by atoms with van der Waals surface area (Å²) in [4.78, 5) is 30.2. The minimum absolute atomic E-state index is 0.0496. The third-order valence-electron chi connectivity index (χ3n) is 4.79. The van der Waals surface area contributed by atoms with Crippen LogP contribution in [-0.4, -0.2) is 33.8 Å². The number of nitrogens with zero attached hydrogens (tertiary/aromatic N) is 2. The summed E-state index contributed by atoms with van der Waals surface area (Å²) in [5.74, 6) is -0.484. The summed E-state index contributed by atoms with van der Waals surface area (Å²) in [6.45, 7) is 1.07. The molecule has 1 fully saturated rings. The van der Waals surface area contributed by atoms with Crippen LogP contribution in [0.1, 0.15) is 23.2 Å². The van der Waals surface area contributed by atoms with Crippen molar-refractivity contribution >= 4 is 40.0 Å². The van der Waals surface area contributed by atoms with Gasteiger partial charge in [-0.3, -0.25) is 14.2 Å². The second-order valence-electron chi connectivity index (χ2n) is 6.83. The van der Waals surface area contributed by atoms with Gasteiger partial charge in [0.05, 0.1) is 29.3 Å². The number of Topliss-reactive ketones (excluding diaryl/α,β-unsaturated/α-hetero) is 1. The van der Waals surface area contributed by atoms with Crippen LogP contribution >= 0.6 is 23.4 Å². The zero-order valence-corrected chi connectivity index (χ0v) is 17.0. The van der Waals surface area contributed by atoms with Gasteiger partial charge in [-0.1, -0.05) is 23.4 Å². The fourth-order valence-electron chi connectivity index (χ4n) is 3.29. The number of rotatable bonds is 6. The molecule has 0 N–H and O–H groups in total. The Bertz CT molecular complexity index is 1110. The fraction of sp³-hybridized carbons (Fsp3) is 0.286. The first-order valence-electron chi connectivity index (χ1n) is 9.24. The molecule has 1 atom stereocenters. The van der Waals surface area contributed by atoms with Crippen LogP contribution in [0.5, 0.6) is 0 Å². The number of carbonyl (C=O) groups is 1. The third kappa shape index (κ3) is 4.52. The van der Waals surface area contributed by atoms with E-state index in [4.69, 9.17) is 16.3 Å². The highest BCUT2D eigenvalue weighted by atomic mass is 35.5. The molecule has 1 aromatic heterocycles. The number of fused-ring (bicyclic) bond motifs is 1. The van der Waals surface area contributed by atoms with E-state index in [-0.39, 0.29) is 23.2 Å². The molecule has 0 saturated carbocycles. The Hall–Kier alpha value is -2.22. The highest BCUT2D eigenvalue weighted by Gasteiger charge is 2.21. The fourth-order valence-corrected chi connectivity index (χ4v) is 4.36. The minimum Gasteiger partial charge on any atom is -0.376 e. The van der Waals surface area contributed by atoms with E-state index in [1.165, 1.54) is 36.0 Å². The Morgan fingerprint density at radius 2 is 2.07 bits per heavy atom. The first-order valence-corrected chi connectivity index (χ1v) is 10.6. The number of halogens is 2. The van der Waals surface area contributed by atoms with Gasteiger partial charge in [0.25, 0.3) is 5.56 Å². The van der Waals surface area contributed by atoms with E-state index in [1.807, 2.05) is 0 Å². The van der Waals surface area contributed by atoms with Crippen molar-refractivity contribution in [2.24, 2.45) is 0 Å². The Balaban J connectivity index is 1.65. The molecule has 0 unspecified atom stereocenters. The summed E-state index contributed by atoms with van der Waals surface area (Å²) in [5, 5.41) is 1.40. The SMILES string of the molecule is O=C(CSc1nc2cc(Cl)ccc2c(=O)n1C[C@@H]1CCCO1)c1ccc(F)cc1. The lowest BCUT2D eigenvalue weighted by Gasteiger charge is -2.16. The number of ether oxygens (including phenoxy) is 1. The van der Waals surface area contributed by atoms with Crippen molar-refractivity contribution < 1.29 is 13.9 Å². The molecule has 29 heavy (non-hydrogen) atoms. The van der Waals surface area contributed by atoms with Crippen LogP contribution in [0.15, 0.2) is 52.4 Å². The number of hydrogen-bond acceptors (Lipinski definition) is 5. The van der Waals surface area contributed by atoms with Gasteiger partial charge in [0.1, 0.15) is 5.82 Å². The molecule has 5 nitrogen and oxygen atoms in total. The van der Waals surface area contributed by atoms with Crippen LogP contribution in [0.3, 0.4) is 0 Å². The molecule has 0 radical (unpaired) electrons. The molecule has 1 aliphatic heterocycles. The minimum atomic E-state index is -0.396. The maximum Gasteiger partial charge on any atom is 0.262 e. The molecular formula is C21H18ClFN2O3S. The van der Waals surface area contributed by atoms with Gasteiger partial charge < -0.3 is 4.74 Å². The Morgan fingerprint density at radius 3 is 2.79 bits per heavy atom. The van der Waals surface area contributed by atoms with E-state index in [9.17, 15) is 14.0 Å². The van der Waals surface area contributed by atoms with Gasteiger partial charge in [-0.25, -0.2) is 9.37 Å². The van der Waals surface area contributed by atoms with Crippen LogP contribution < -0.4 is 5.56 Å². The molecule has 1 saturated heterocycles. The molecule has 0 bridgehead atoms. The lowest BCUT2D eigenvalue weighted by atomic mass is 10.1. The monoisotopic (exact) mass is 432 g/mol. The molecule has 8 heteroatoms. The molecule has 2 aromatic carbocycles. The third-order valence-corrected chi connectivity index (χ3v) is 6.00. The summed E-state index contributed by atoms with van der Waals surface area (Å²) in [6, 6.07) is 10.4. The van der Waals surface area contributed by atoms with Crippen LogP contribution in [0.25, 0.3) is 10.9 Å². The second-order valence-corrected chi connectivity index (χ2v) is 8.20. The van der Waals surface area contributed by atoms with Gasteiger partial charge in [-0.2, -0.15) is 0 Å². The number of hydrogen-bond donors (Lipinski definition) is 0. The Morgan fingerprint density at radius 1 is 1.28 bits per heavy atom. The van der Waals surface area contributed by atoms with E-state index in [0.717, 1.165) is 12.8 Å². The van der Waals surface area contributed by atoms with Crippen LogP contribution in [0, 0.1) is 5.82 Å². The second kappa shape index (κ2) is 8.65. The van der Waals surface area contributed by atoms with Crippen molar-refractivity contribution in [1.29, 1.82) is 0 Å². The number of thioether (sulfide) groups is 1. The van der Waals surface area contributed by atoms with E-state index in [0.29, 0.717) is 39.8 Å². The highest BCUT2D eigenvalue weighted by molar-refractivity contribution is 7.99. The topological polar surface area (TPSA) is 61.2 Å². The van der Waals surface area contributed by atoms with E-state index < -0.39 is 5.82 Å². The summed E-state index contributed by atoms with van der Waals surface area (Å²) >= 11 is 7.24. The van der Waals surface area contributed by atoms with Gasteiger partial charge in [-0.05, 0) is 55.3 Å². The quantitative estimate of drug-likeness (QED) is 0.329. The lowest BCUT2D eigenvalue weighted by molar-refractivity contribution is 0.0937. The Labute approximate surface area is 175 Å². The molecule has 1 aliphatic rings. The van der Waals surface area contributed by atoms with Gasteiger partial charge >= 0.3 is 0 Å². The van der Waals surface area contributed by atoms with Crippen LogP contribution in [-0.2, 0) is 11.3 Å². The molecule has 150 valence electrons. The van der Waals surface area contributed by atoms with Crippen molar-refractivity contribution in [3.63, 3.8) is 0 Å². The van der Waals surface area contributed by atoms with E-state index >= 15 is 0 Å². The van der Waals surface area contributed by atoms with E-state index in [1.54, 1.807) is 22.8 Å². The van der Waals surface area contributed by atoms with Crippen molar-refractivity contribution in [3.8, 4) is 0 Å². The predicted octanol–water partition coefficient (Wildman–Crippen LogP) is 4.34. The molecule has 0 amide bonds. The standard InChI is InChI=1S/C21H18ClFN2O3S/c22-14-5-8-17-18(10-14)24-21(25(20(17)27)11-16-2-1-9-28-16)29-12-19(26)13-3-6-15(23)7-4-13/h3-8,10,16H,1-2,9,11-12H2/t16-/m0/s1.